The predicted octanol–water partition coefficient (Wildman–Crippen LogP) is 3.91. The molecule has 0 radical (unpaired) electrons. The Morgan fingerprint density at radius 3 is 2.50 bits per heavy atom. The number of nitrogens with zero attached hydrogens (tertiary/aromatic N) is 3. The van der Waals surface area contributed by atoms with Crippen molar-refractivity contribution in [1.29, 1.82) is 0 Å². The van der Waals surface area contributed by atoms with Gasteiger partial charge < -0.3 is 10.1 Å². The number of aryl methyl sites for hydroxylation is 1. The molecule has 0 aliphatic heterocycles. The minimum Gasteiger partial charge on any atom is -0.468 e. The quantitative estimate of drug-likeness (QED) is 0.667. The molecule has 1 amide bonds. The molecule has 0 saturated carbocycles. The minimum atomic E-state index is -4.48. The lowest BCUT2D eigenvalue weighted by Gasteiger charge is -2.10. The van der Waals surface area contributed by atoms with Gasteiger partial charge in [-0.25, -0.2) is 14.1 Å². The number of hydrogen-bond acceptors (Lipinski definition) is 4. The zero-order valence-electron chi connectivity index (χ0n) is 14.5. The van der Waals surface area contributed by atoms with Gasteiger partial charge in [0.15, 0.2) is 6.61 Å². The fraction of sp³-hybridized carbons (Fsp3) is 0.167. The molecule has 0 saturated heterocycles. The van der Waals surface area contributed by atoms with E-state index < -0.39 is 24.5 Å². The van der Waals surface area contributed by atoms with Gasteiger partial charge in [-0.1, -0.05) is 0 Å². The number of nitrogens with one attached hydrogen (secondary N) is 1. The van der Waals surface area contributed by atoms with E-state index in [9.17, 15) is 22.4 Å². The fourth-order valence-corrected chi connectivity index (χ4v) is 2.31. The molecule has 0 unspecified atom stereocenters. The number of carbonyl (C=O) groups excluding carboxylic acids is 1. The Balaban J connectivity index is 1.74. The lowest BCUT2D eigenvalue weighted by Crippen LogP contribution is -2.20. The molecule has 0 fully saturated rings. The van der Waals surface area contributed by atoms with Crippen LogP contribution in [0.4, 0.5) is 23.4 Å². The van der Waals surface area contributed by atoms with Gasteiger partial charge in [0.25, 0.3) is 5.91 Å². The van der Waals surface area contributed by atoms with Crippen LogP contribution in [0.2, 0.25) is 0 Å². The van der Waals surface area contributed by atoms with E-state index in [4.69, 9.17) is 0 Å². The molecule has 10 heteroatoms. The van der Waals surface area contributed by atoms with Gasteiger partial charge in [-0.15, -0.1) is 0 Å². The van der Waals surface area contributed by atoms with E-state index in [1.807, 2.05) is 0 Å². The monoisotopic (exact) mass is 394 g/mol. The van der Waals surface area contributed by atoms with E-state index in [1.54, 1.807) is 13.0 Å². The van der Waals surface area contributed by atoms with Crippen molar-refractivity contribution in [3.63, 3.8) is 0 Å². The average molecular weight is 394 g/mol. The number of anilines is 1. The molecule has 2 heterocycles. The molecule has 1 aromatic carbocycles. The van der Waals surface area contributed by atoms with Crippen LogP contribution in [0.5, 0.6) is 5.88 Å². The molecule has 3 aromatic rings. The summed E-state index contributed by atoms with van der Waals surface area (Å²) < 4.78 is 55.5. The molecule has 146 valence electrons. The summed E-state index contributed by atoms with van der Waals surface area (Å²) in [6, 6.07) is 9.62. The maximum Gasteiger partial charge on any atom is 0.422 e. The van der Waals surface area contributed by atoms with Crippen LogP contribution in [0, 0.1) is 12.7 Å². The standard InChI is InChI=1S/C18H14F4N4O2/c1-11-8-15(26(25-11)14-5-3-13(19)4-6-14)24-17(27)12-2-7-16(23-9-12)28-10-18(20,21)22/h2-9H,10H2,1H3,(H,24,27). The predicted molar refractivity (Wildman–Crippen MR) is 92.0 cm³/mol. The number of rotatable bonds is 5. The van der Waals surface area contributed by atoms with Crippen molar-refractivity contribution in [2.75, 3.05) is 11.9 Å². The summed E-state index contributed by atoms with van der Waals surface area (Å²) in [5.74, 6) is -0.858. The van der Waals surface area contributed by atoms with Crippen molar-refractivity contribution in [2.45, 2.75) is 13.1 Å². The van der Waals surface area contributed by atoms with E-state index in [0.717, 1.165) is 6.20 Å². The van der Waals surface area contributed by atoms with Gasteiger partial charge in [0, 0.05) is 18.3 Å². The van der Waals surface area contributed by atoms with E-state index in [-0.39, 0.29) is 11.4 Å². The first-order valence-corrected chi connectivity index (χ1v) is 8.01. The minimum absolute atomic E-state index is 0.115. The molecule has 1 N–H and O–H groups in total. The van der Waals surface area contributed by atoms with Gasteiger partial charge in [-0.3, -0.25) is 4.79 Å². The molecule has 3 rings (SSSR count). The van der Waals surface area contributed by atoms with Crippen molar-refractivity contribution < 1.29 is 27.1 Å². The van der Waals surface area contributed by atoms with Crippen LogP contribution in [0.3, 0.4) is 0 Å². The van der Waals surface area contributed by atoms with Crippen LogP contribution in [0.25, 0.3) is 5.69 Å². The first kappa shape index (κ1) is 19.3. The second-order valence-corrected chi connectivity index (χ2v) is 5.80. The third-order valence-corrected chi connectivity index (χ3v) is 3.53. The van der Waals surface area contributed by atoms with E-state index in [1.165, 1.54) is 41.1 Å². The van der Waals surface area contributed by atoms with Crippen LogP contribution >= 0.6 is 0 Å². The van der Waals surface area contributed by atoms with Crippen LogP contribution in [-0.4, -0.2) is 33.5 Å². The number of benzene rings is 1. The summed E-state index contributed by atoms with van der Waals surface area (Å²) in [5, 5.41) is 6.90. The summed E-state index contributed by atoms with van der Waals surface area (Å²) in [6.07, 6.45) is -3.37. The highest BCUT2D eigenvalue weighted by molar-refractivity contribution is 6.03. The molecule has 0 atom stereocenters. The lowest BCUT2D eigenvalue weighted by atomic mass is 10.2. The second-order valence-electron chi connectivity index (χ2n) is 5.80. The largest absolute Gasteiger partial charge is 0.468 e. The number of carbonyl (C=O) groups is 1. The highest BCUT2D eigenvalue weighted by atomic mass is 19.4. The number of hydrogen-bond donors (Lipinski definition) is 1. The van der Waals surface area contributed by atoms with Gasteiger partial charge in [0.1, 0.15) is 11.6 Å². The second kappa shape index (κ2) is 7.67. The molecule has 2 aromatic heterocycles. The van der Waals surface area contributed by atoms with Crippen molar-refractivity contribution in [3.8, 4) is 11.6 Å². The Morgan fingerprint density at radius 2 is 1.89 bits per heavy atom. The Labute approximate surface area is 156 Å². The lowest BCUT2D eigenvalue weighted by molar-refractivity contribution is -0.154. The third-order valence-electron chi connectivity index (χ3n) is 3.53. The Morgan fingerprint density at radius 1 is 1.18 bits per heavy atom. The normalized spacial score (nSPS) is 11.3. The first-order valence-electron chi connectivity index (χ1n) is 8.01. The van der Waals surface area contributed by atoms with Gasteiger partial charge in [-0.05, 0) is 37.3 Å². The van der Waals surface area contributed by atoms with Crippen LogP contribution in [0.15, 0.2) is 48.7 Å². The van der Waals surface area contributed by atoms with Crippen molar-refractivity contribution >= 4 is 11.7 Å². The topological polar surface area (TPSA) is 69.0 Å². The number of pyridine rings is 1. The molecular formula is C18H14F4N4O2. The Kier molecular flexibility index (Phi) is 5.30. The third kappa shape index (κ3) is 4.84. The van der Waals surface area contributed by atoms with Gasteiger partial charge in [0.2, 0.25) is 5.88 Å². The smallest absolute Gasteiger partial charge is 0.422 e. The number of amides is 1. The Hall–Kier alpha value is -3.43. The molecule has 0 bridgehead atoms. The summed E-state index contributed by atoms with van der Waals surface area (Å²) >= 11 is 0. The van der Waals surface area contributed by atoms with Crippen LogP contribution < -0.4 is 10.1 Å². The van der Waals surface area contributed by atoms with Crippen molar-refractivity contribution in [2.24, 2.45) is 0 Å². The zero-order valence-corrected chi connectivity index (χ0v) is 14.5. The highest BCUT2D eigenvalue weighted by Crippen LogP contribution is 2.20. The van der Waals surface area contributed by atoms with Gasteiger partial charge in [0.05, 0.1) is 16.9 Å². The summed E-state index contributed by atoms with van der Waals surface area (Å²) in [5.41, 5.74) is 1.27. The maximum atomic E-state index is 13.1. The summed E-state index contributed by atoms with van der Waals surface area (Å²) in [4.78, 5) is 16.1. The number of halogens is 4. The maximum absolute atomic E-state index is 13.1. The number of aromatic nitrogens is 3. The van der Waals surface area contributed by atoms with E-state index in [0.29, 0.717) is 17.2 Å². The Bertz CT molecular complexity index is 967. The van der Waals surface area contributed by atoms with Crippen LogP contribution in [-0.2, 0) is 0 Å². The number of alkyl halides is 3. The molecule has 28 heavy (non-hydrogen) atoms. The van der Waals surface area contributed by atoms with Crippen LogP contribution in [0.1, 0.15) is 16.1 Å². The average Bonchev–Trinajstić information content (AvgIpc) is 3.00. The summed E-state index contributed by atoms with van der Waals surface area (Å²) in [6.45, 7) is 0.256. The summed E-state index contributed by atoms with van der Waals surface area (Å²) in [7, 11) is 0. The highest BCUT2D eigenvalue weighted by Gasteiger charge is 2.28. The van der Waals surface area contributed by atoms with E-state index >= 15 is 0 Å². The van der Waals surface area contributed by atoms with Crippen molar-refractivity contribution in [1.82, 2.24) is 14.8 Å². The van der Waals surface area contributed by atoms with Crippen molar-refractivity contribution in [3.05, 3.63) is 65.7 Å². The molecule has 0 spiro atoms. The van der Waals surface area contributed by atoms with Gasteiger partial charge in [-0.2, -0.15) is 18.3 Å². The molecule has 0 aliphatic carbocycles. The molecular weight excluding hydrogens is 380 g/mol. The SMILES string of the molecule is Cc1cc(NC(=O)c2ccc(OCC(F)(F)F)nc2)n(-c2ccc(F)cc2)n1. The molecule has 6 nitrogen and oxygen atoms in total. The van der Waals surface area contributed by atoms with E-state index in [2.05, 4.69) is 20.1 Å². The fourth-order valence-electron chi connectivity index (χ4n) is 2.31. The zero-order chi connectivity index (χ0) is 20.3. The number of ether oxygens (including phenoxy) is 1. The van der Waals surface area contributed by atoms with Gasteiger partial charge >= 0.3 is 6.18 Å². The first-order chi connectivity index (χ1) is 13.2. The molecule has 0 aliphatic rings.